The average Bonchev–Trinajstić information content (AvgIpc) is 2.73. The van der Waals surface area contributed by atoms with Crippen LogP contribution in [0.2, 0.25) is 5.02 Å². The van der Waals surface area contributed by atoms with Crippen molar-refractivity contribution >= 4 is 40.5 Å². The van der Waals surface area contributed by atoms with E-state index in [4.69, 9.17) is 16.3 Å². The van der Waals surface area contributed by atoms with Crippen LogP contribution in [-0.2, 0) is 4.74 Å². The summed E-state index contributed by atoms with van der Waals surface area (Å²) in [7, 11) is 3.62. The zero-order chi connectivity index (χ0) is 23.0. The number of amides is 2. The lowest BCUT2D eigenvalue weighted by Gasteiger charge is -2.18. The highest BCUT2D eigenvalue weighted by molar-refractivity contribution is 6.32. The molecule has 0 saturated carbocycles. The van der Waals surface area contributed by atoms with Crippen LogP contribution in [0.1, 0.15) is 34.1 Å². The number of hydrogen-bond donors (Lipinski definition) is 2. The molecule has 9 nitrogen and oxygen atoms in total. The molecule has 10 heteroatoms. The number of nitro benzene ring substituents is 1. The lowest BCUT2D eigenvalue weighted by molar-refractivity contribution is -0.384. The van der Waals surface area contributed by atoms with Gasteiger partial charge in [0.15, 0.2) is 0 Å². The second-order valence-electron chi connectivity index (χ2n) is 6.81. The maximum Gasteiger partial charge on any atom is 0.288 e. The fourth-order valence-electron chi connectivity index (χ4n) is 2.80. The summed E-state index contributed by atoms with van der Waals surface area (Å²) in [5.41, 5.74) is 1.18. The Hall–Kier alpha value is -3.17. The summed E-state index contributed by atoms with van der Waals surface area (Å²) in [6.45, 7) is 3.54. The van der Waals surface area contributed by atoms with Crippen molar-refractivity contribution in [3.05, 3.63) is 62.7 Å². The molecule has 0 heterocycles. The van der Waals surface area contributed by atoms with E-state index in [9.17, 15) is 19.7 Å². The summed E-state index contributed by atoms with van der Waals surface area (Å²) in [5, 5.41) is 16.5. The van der Waals surface area contributed by atoms with E-state index in [1.807, 2.05) is 21.0 Å². The predicted molar refractivity (Wildman–Crippen MR) is 120 cm³/mol. The Balaban J connectivity index is 2.19. The van der Waals surface area contributed by atoms with Gasteiger partial charge in [0.2, 0.25) is 0 Å². The standard InChI is InChI=1S/C21H25ClN4O5/c1-4-31-11-5-10-23-21(28)16-13-15(7-9-18(16)25(2)3)24-20(27)14-6-8-17(22)19(12-14)26(29)30/h6-9,12-13H,4-5,10-11H2,1-3H3,(H,23,28)(H,24,27). The number of benzene rings is 2. The molecule has 0 aliphatic heterocycles. The van der Waals surface area contributed by atoms with Gasteiger partial charge in [-0.25, -0.2) is 0 Å². The fourth-order valence-corrected chi connectivity index (χ4v) is 2.98. The largest absolute Gasteiger partial charge is 0.382 e. The SMILES string of the molecule is CCOCCCNC(=O)c1cc(NC(=O)c2ccc(Cl)c([N+](=O)[O-])c2)ccc1N(C)C. The second kappa shape index (κ2) is 11.3. The van der Waals surface area contributed by atoms with Crippen LogP contribution in [0.4, 0.5) is 17.1 Å². The van der Waals surface area contributed by atoms with Gasteiger partial charge >= 0.3 is 0 Å². The van der Waals surface area contributed by atoms with E-state index in [0.717, 1.165) is 6.07 Å². The summed E-state index contributed by atoms with van der Waals surface area (Å²) in [6, 6.07) is 8.74. The number of anilines is 2. The quantitative estimate of drug-likeness (QED) is 0.325. The van der Waals surface area contributed by atoms with E-state index < -0.39 is 10.8 Å². The number of nitro groups is 1. The highest BCUT2D eigenvalue weighted by atomic mass is 35.5. The molecule has 0 atom stereocenters. The van der Waals surface area contributed by atoms with Gasteiger partial charge in [-0.05, 0) is 43.7 Å². The van der Waals surface area contributed by atoms with Crippen molar-refractivity contribution in [3.8, 4) is 0 Å². The van der Waals surface area contributed by atoms with E-state index in [1.165, 1.54) is 12.1 Å². The summed E-state index contributed by atoms with van der Waals surface area (Å²) in [4.78, 5) is 37.5. The number of carbonyl (C=O) groups excluding carboxylic acids is 2. The minimum Gasteiger partial charge on any atom is -0.382 e. The monoisotopic (exact) mass is 448 g/mol. The molecule has 0 aliphatic carbocycles. The Bertz CT molecular complexity index is 965. The van der Waals surface area contributed by atoms with Gasteiger partial charge in [0.1, 0.15) is 5.02 Å². The van der Waals surface area contributed by atoms with E-state index >= 15 is 0 Å². The molecule has 0 aliphatic rings. The van der Waals surface area contributed by atoms with Gasteiger partial charge in [-0.1, -0.05) is 11.6 Å². The van der Waals surface area contributed by atoms with Gasteiger partial charge in [-0.3, -0.25) is 19.7 Å². The van der Waals surface area contributed by atoms with Crippen LogP contribution in [0, 0.1) is 10.1 Å². The predicted octanol–water partition coefficient (Wildman–Crippen LogP) is 3.72. The topological polar surface area (TPSA) is 114 Å². The van der Waals surface area contributed by atoms with Gasteiger partial charge in [0.05, 0.1) is 10.5 Å². The number of ether oxygens (including phenoxy) is 1. The number of halogens is 1. The molecule has 0 bridgehead atoms. The molecule has 2 aromatic carbocycles. The van der Waals surface area contributed by atoms with Crippen molar-refractivity contribution in [2.75, 3.05) is 44.1 Å². The molecule has 2 amide bonds. The Morgan fingerprint density at radius 2 is 1.90 bits per heavy atom. The first-order valence-electron chi connectivity index (χ1n) is 9.67. The van der Waals surface area contributed by atoms with Crippen LogP contribution >= 0.6 is 11.6 Å². The molecule has 166 valence electrons. The average molecular weight is 449 g/mol. The number of rotatable bonds is 10. The lowest BCUT2D eigenvalue weighted by atomic mass is 10.1. The van der Waals surface area contributed by atoms with Crippen LogP contribution in [0.5, 0.6) is 0 Å². The molecule has 0 fully saturated rings. The molecule has 2 N–H and O–H groups in total. The Morgan fingerprint density at radius 1 is 1.16 bits per heavy atom. The molecular formula is C21H25ClN4O5. The van der Waals surface area contributed by atoms with Gasteiger partial charge in [-0.15, -0.1) is 0 Å². The van der Waals surface area contributed by atoms with Gasteiger partial charge < -0.3 is 20.3 Å². The van der Waals surface area contributed by atoms with Crippen molar-refractivity contribution in [3.63, 3.8) is 0 Å². The number of hydrogen-bond acceptors (Lipinski definition) is 6. The summed E-state index contributed by atoms with van der Waals surface area (Å²) < 4.78 is 5.26. The van der Waals surface area contributed by atoms with Crippen LogP contribution < -0.4 is 15.5 Å². The van der Waals surface area contributed by atoms with Crippen molar-refractivity contribution < 1.29 is 19.2 Å². The summed E-state index contributed by atoms with van der Waals surface area (Å²) in [5.74, 6) is -0.834. The third-order valence-electron chi connectivity index (χ3n) is 4.34. The van der Waals surface area contributed by atoms with Crippen molar-refractivity contribution in [2.45, 2.75) is 13.3 Å². The van der Waals surface area contributed by atoms with Crippen molar-refractivity contribution in [1.82, 2.24) is 5.32 Å². The van der Waals surface area contributed by atoms with Crippen molar-refractivity contribution in [2.24, 2.45) is 0 Å². The molecule has 2 rings (SSSR count). The molecule has 0 saturated heterocycles. The summed E-state index contributed by atoms with van der Waals surface area (Å²) >= 11 is 5.80. The van der Waals surface area contributed by atoms with Crippen LogP contribution in [0.3, 0.4) is 0 Å². The second-order valence-corrected chi connectivity index (χ2v) is 7.22. The molecule has 0 spiro atoms. The minimum atomic E-state index is -0.654. The zero-order valence-corrected chi connectivity index (χ0v) is 18.4. The smallest absolute Gasteiger partial charge is 0.288 e. The van der Waals surface area contributed by atoms with E-state index in [-0.39, 0.29) is 22.2 Å². The Morgan fingerprint density at radius 3 is 2.55 bits per heavy atom. The van der Waals surface area contributed by atoms with E-state index in [2.05, 4.69) is 10.6 Å². The van der Waals surface area contributed by atoms with Crippen molar-refractivity contribution in [1.29, 1.82) is 0 Å². The first kappa shape index (κ1) is 24.1. The molecule has 31 heavy (non-hydrogen) atoms. The third-order valence-corrected chi connectivity index (χ3v) is 4.66. The number of nitrogens with one attached hydrogen (secondary N) is 2. The fraction of sp³-hybridized carbons (Fsp3) is 0.333. The van der Waals surface area contributed by atoms with Gasteiger partial charge in [-0.2, -0.15) is 0 Å². The maximum atomic E-state index is 12.7. The molecule has 0 unspecified atom stereocenters. The van der Waals surface area contributed by atoms with Crippen LogP contribution in [0.15, 0.2) is 36.4 Å². The first-order valence-corrected chi connectivity index (χ1v) is 10.0. The highest BCUT2D eigenvalue weighted by Crippen LogP contribution is 2.27. The molecular weight excluding hydrogens is 424 g/mol. The third kappa shape index (κ3) is 6.66. The highest BCUT2D eigenvalue weighted by Gasteiger charge is 2.18. The molecule has 0 aromatic heterocycles. The molecule has 2 aromatic rings. The lowest BCUT2D eigenvalue weighted by Crippen LogP contribution is -2.27. The van der Waals surface area contributed by atoms with Gasteiger partial charge in [0, 0.05) is 56.9 Å². The first-order chi connectivity index (χ1) is 14.7. The Kier molecular flexibility index (Phi) is 8.77. The molecule has 0 radical (unpaired) electrons. The number of nitrogens with zero attached hydrogens (tertiary/aromatic N) is 2. The minimum absolute atomic E-state index is 0.0554. The van der Waals surface area contributed by atoms with Crippen LogP contribution in [0.25, 0.3) is 0 Å². The normalized spacial score (nSPS) is 10.5. The Labute approximate surface area is 185 Å². The number of carbonyl (C=O) groups is 2. The zero-order valence-electron chi connectivity index (χ0n) is 17.6. The summed E-state index contributed by atoms with van der Waals surface area (Å²) in [6.07, 6.45) is 0.683. The maximum absolute atomic E-state index is 12.7. The van der Waals surface area contributed by atoms with E-state index in [1.54, 1.807) is 23.1 Å². The van der Waals surface area contributed by atoms with E-state index in [0.29, 0.717) is 43.1 Å². The van der Waals surface area contributed by atoms with Crippen LogP contribution in [-0.4, -0.2) is 50.6 Å². The van der Waals surface area contributed by atoms with Gasteiger partial charge in [0.25, 0.3) is 17.5 Å².